The summed E-state index contributed by atoms with van der Waals surface area (Å²) in [5, 5.41) is 9.24. The Morgan fingerprint density at radius 1 is 0.966 bits per heavy atom. The predicted octanol–water partition coefficient (Wildman–Crippen LogP) is 3.24. The van der Waals surface area contributed by atoms with Gasteiger partial charge in [0.2, 0.25) is 0 Å². The first-order valence-electron chi connectivity index (χ1n) is 10.2. The maximum absolute atomic E-state index is 13.0. The number of hydrogen-bond acceptors (Lipinski definition) is 4. The lowest BCUT2D eigenvalue weighted by Crippen LogP contribution is -2.39. The molecular formula is C23H26N2O4. The van der Waals surface area contributed by atoms with Crippen molar-refractivity contribution in [3.05, 3.63) is 65.2 Å². The molecule has 0 radical (unpaired) electrons. The molecular weight excluding hydrogens is 368 g/mol. The van der Waals surface area contributed by atoms with Gasteiger partial charge in [-0.05, 0) is 54.8 Å². The molecule has 0 saturated carbocycles. The van der Waals surface area contributed by atoms with E-state index in [1.165, 1.54) is 0 Å². The number of carbonyl (C=O) groups is 2. The summed E-state index contributed by atoms with van der Waals surface area (Å²) in [4.78, 5) is 28.5. The van der Waals surface area contributed by atoms with Crippen molar-refractivity contribution < 1.29 is 19.4 Å². The molecule has 2 heterocycles. The second kappa shape index (κ2) is 8.66. The molecule has 2 aliphatic rings. The minimum absolute atomic E-state index is 0.0395. The third-order valence-corrected chi connectivity index (χ3v) is 5.80. The second-order valence-electron chi connectivity index (χ2n) is 7.67. The molecule has 6 heteroatoms. The van der Waals surface area contributed by atoms with Crippen molar-refractivity contribution in [1.82, 2.24) is 4.90 Å². The fraction of sp³-hybridized carbons (Fsp3) is 0.391. The molecule has 2 aromatic rings. The van der Waals surface area contributed by atoms with E-state index in [0.717, 1.165) is 56.9 Å². The topological polar surface area (TPSA) is 70.1 Å². The highest BCUT2D eigenvalue weighted by atomic mass is 16.5. The van der Waals surface area contributed by atoms with E-state index >= 15 is 0 Å². The van der Waals surface area contributed by atoms with E-state index in [-0.39, 0.29) is 11.8 Å². The maximum Gasteiger partial charge on any atom is 0.335 e. The number of anilines is 1. The number of aromatic carboxylic acids is 1. The fourth-order valence-electron chi connectivity index (χ4n) is 4.18. The third-order valence-electron chi connectivity index (χ3n) is 5.80. The Labute approximate surface area is 170 Å². The van der Waals surface area contributed by atoms with Crippen LogP contribution in [0.1, 0.15) is 45.0 Å². The monoisotopic (exact) mass is 394 g/mol. The normalized spacial score (nSPS) is 19.8. The van der Waals surface area contributed by atoms with Crippen LogP contribution in [0.2, 0.25) is 0 Å². The van der Waals surface area contributed by atoms with Crippen LogP contribution in [0.25, 0.3) is 0 Å². The minimum atomic E-state index is -0.920. The zero-order valence-electron chi connectivity index (χ0n) is 16.4. The Morgan fingerprint density at radius 3 is 2.45 bits per heavy atom. The molecule has 1 unspecified atom stereocenters. The Balaban J connectivity index is 1.44. The van der Waals surface area contributed by atoms with Gasteiger partial charge in [0.25, 0.3) is 5.91 Å². The van der Waals surface area contributed by atoms with Crippen LogP contribution in [-0.2, 0) is 4.74 Å². The SMILES string of the molecule is O=C(O)c1cccc(C2CCCN(C(=O)c3ccc(N4CCOCC4)cc3)C2)c1. The lowest BCUT2D eigenvalue weighted by molar-refractivity contribution is 0.0688. The summed E-state index contributed by atoms with van der Waals surface area (Å²) >= 11 is 0. The average molecular weight is 394 g/mol. The Bertz CT molecular complexity index is 875. The van der Waals surface area contributed by atoms with Gasteiger partial charge < -0.3 is 19.6 Å². The summed E-state index contributed by atoms with van der Waals surface area (Å²) in [7, 11) is 0. The molecule has 0 aliphatic carbocycles. The summed E-state index contributed by atoms with van der Waals surface area (Å²) in [5.74, 6) is -0.715. The summed E-state index contributed by atoms with van der Waals surface area (Å²) in [6.45, 7) is 4.57. The van der Waals surface area contributed by atoms with Gasteiger partial charge in [-0.2, -0.15) is 0 Å². The lowest BCUT2D eigenvalue weighted by atomic mass is 9.89. The molecule has 2 fully saturated rings. The number of likely N-dealkylation sites (tertiary alicyclic amines) is 1. The van der Waals surface area contributed by atoms with Gasteiger partial charge in [-0.1, -0.05) is 12.1 Å². The summed E-state index contributed by atoms with van der Waals surface area (Å²) in [6, 6.07) is 14.9. The highest BCUT2D eigenvalue weighted by Gasteiger charge is 2.26. The van der Waals surface area contributed by atoms with Crippen molar-refractivity contribution in [2.45, 2.75) is 18.8 Å². The molecule has 152 valence electrons. The highest BCUT2D eigenvalue weighted by Crippen LogP contribution is 2.28. The zero-order valence-corrected chi connectivity index (χ0v) is 16.4. The smallest absolute Gasteiger partial charge is 0.335 e. The van der Waals surface area contributed by atoms with Gasteiger partial charge in [0.05, 0.1) is 18.8 Å². The largest absolute Gasteiger partial charge is 0.478 e. The molecule has 2 saturated heterocycles. The van der Waals surface area contributed by atoms with Crippen molar-refractivity contribution in [2.75, 3.05) is 44.3 Å². The first-order valence-corrected chi connectivity index (χ1v) is 10.2. The van der Waals surface area contributed by atoms with E-state index in [1.807, 2.05) is 35.2 Å². The number of piperidine rings is 1. The van der Waals surface area contributed by atoms with Crippen LogP contribution in [0.5, 0.6) is 0 Å². The van der Waals surface area contributed by atoms with Gasteiger partial charge >= 0.3 is 5.97 Å². The number of carbonyl (C=O) groups excluding carboxylic acids is 1. The zero-order chi connectivity index (χ0) is 20.2. The van der Waals surface area contributed by atoms with Crippen LogP contribution in [0.3, 0.4) is 0 Å². The van der Waals surface area contributed by atoms with Gasteiger partial charge in [0.15, 0.2) is 0 Å². The average Bonchev–Trinajstić information content (AvgIpc) is 2.79. The number of ether oxygens (including phenoxy) is 1. The molecule has 0 aromatic heterocycles. The Hall–Kier alpha value is -2.86. The van der Waals surface area contributed by atoms with Crippen LogP contribution in [0.15, 0.2) is 48.5 Å². The van der Waals surface area contributed by atoms with E-state index in [1.54, 1.807) is 18.2 Å². The number of benzene rings is 2. The number of nitrogens with zero attached hydrogens (tertiary/aromatic N) is 2. The molecule has 2 aliphatic heterocycles. The quantitative estimate of drug-likeness (QED) is 0.862. The van der Waals surface area contributed by atoms with E-state index in [0.29, 0.717) is 17.7 Å². The molecule has 1 atom stereocenters. The van der Waals surface area contributed by atoms with Crippen LogP contribution in [0.4, 0.5) is 5.69 Å². The van der Waals surface area contributed by atoms with Crippen LogP contribution >= 0.6 is 0 Å². The molecule has 29 heavy (non-hydrogen) atoms. The van der Waals surface area contributed by atoms with Crippen molar-refractivity contribution in [1.29, 1.82) is 0 Å². The summed E-state index contributed by atoms with van der Waals surface area (Å²) < 4.78 is 5.39. The molecule has 0 bridgehead atoms. The van der Waals surface area contributed by atoms with Crippen LogP contribution < -0.4 is 4.90 Å². The number of amides is 1. The predicted molar refractivity (Wildman–Crippen MR) is 111 cm³/mol. The number of carboxylic acids is 1. The molecule has 6 nitrogen and oxygen atoms in total. The highest BCUT2D eigenvalue weighted by molar-refractivity contribution is 5.94. The van der Waals surface area contributed by atoms with E-state index in [4.69, 9.17) is 4.74 Å². The fourth-order valence-corrected chi connectivity index (χ4v) is 4.18. The summed E-state index contributed by atoms with van der Waals surface area (Å²) in [6.07, 6.45) is 1.88. The van der Waals surface area contributed by atoms with Crippen molar-refractivity contribution in [3.63, 3.8) is 0 Å². The molecule has 1 amide bonds. The van der Waals surface area contributed by atoms with Crippen LogP contribution in [0, 0.1) is 0 Å². The first-order chi connectivity index (χ1) is 14.1. The van der Waals surface area contributed by atoms with E-state index in [9.17, 15) is 14.7 Å². The maximum atomic E-state index is 13.0. The van der Waals surface area contributed by atoms with Gasteiger partial charge in [-0.25, -0.2) is 4.79 Å². The number of hydrogen-bond donors (Lipinski definition) is 1. The van der Waals surface area contributed by atoms with Crippen molar-refractivity contribution in [3.8, 4) is 0 Å². The standard InChI is InChI=1S/C23H26N2O4/c26-22(17-6-8-21(9-7-17)24-11-13-29-14-12-24)25-10-2-5-20(16-25)18-3-1-4-19(15-18)23(27)28/h1,3-4,6-9,15,20H,2,5,10-14,16H2,(H,27,28). The first kappa shape index (κ1) is 19.5. The molecule has 1 N–H and O–H groups in total. The van der Waals surface area contributed by atoms with Gasteiger partial charge in [0.1, 0.15) is 0 Å². The molecule has 2 aromatic carbocycles. The molecule has 0 spiro atoms. The van der Waals surface area contributed by atoms with E-state index < -0.39 is 5.97 Å². The number of carboxylic acid groups (broad SMARTS) is 1. The van der Waals surface area contributed by atoms with Gasteiger partial charge in [-0.15, -0.1) is 0 Å². The summed E-state index contributed by atoms with van der Waals surface area (Å²) in [5.41, 5.74) is 3.10. The lowest BCUT2D eigenvalue weighted by Gasteiger charge is -2.33. The second-order valence-corrected chi connectivity index (χ2v) is 7.67. The number of rotatable bonds is 4. The van der Waals surface area contributed by atoms with Gasteiger partial charge in [0, 0.05) is 43.3 Å². The number of morpholine rings is 1. The van der Waals surface area contributed by atoms with Crippen molar-refractivity contribution >= 4 is 17.6 Å². The Kier molecular flexibility index (Phi) is 5.81. The van der Waals surface area contributed by atoms with Gasteiger partial charge in [-0.3, -0.25) is 4.79 Å². The van der Waals surface area contributed by atoms with Crippen molar-refractivity contribution in [2.24, 2.45) is 0 Å². The third kappa shape index (κ3) is 4.43. The Morgan fingerprint density at radius 2 is 1.72 bits per heavy atom. The molecule has 4 rings (SSSR count). The van der Waals surface area contributed by atoms with E-state index in [2.05, 4.69) is 4.90 Å². The minimum Gasteiger partial charge on any atom is -0.478 e. The van der Waals surface area contributed by atoms with Crippen LogP contribution in [-0.4, -0.2) is 61.3 Å².